The average Bonchev–Trinajstić information content (AvgIpc) is 2.79. The van der Waals surface area contributed by atoms with Gasteiger partial charge in [-0.05, 0) is 0 Å². The van der Waals surface area contributed by atoms with Gasteiger partial charge in [0.25, 0.3) is 0 Å². The summed E-state index contributed by atoms with van der Waals surface area (Å²) in [4.78, 5) is 11.2. The minimum Gasteiger partial charge on any atom is -0.502 e. The maximum absolute atomic E-state index is 11.2. The fourth-order valence-corrected chi connectivity index (χ4v) is 1.49. The third kappa shape index (κ3) is 3.65. The molecule has 0 saturated heterocycles. The molecule has 7 heteroatoms. The van der Waals surface area contributed by atoms with E-state index in [0.29, 0.717) is 24.9 Å². The molecule has 0 aliphatic rings. The molecule has 0 saturated carbocycles. The number of aromatic nitrogens is 3. The van der Waals surface area contributed by atoms with Crippen LogP contribution in [-0.4, -0.2) is 26.1 Å². The molecule has 0 radical (unpaired) electrons. The topological polar surface area (TPSA) is 93.2 Å². The van der Waals surface area contributed by atoms with Crippen molar-refractivity contribution >= 4 is 0 Å². The van der Waals surface area contributed by atoms with Crippen LogP contribution in [0.3, 0.4) is 0 Å². The van der Waals surface area contributed by atoms with Crippen molar-refractivity contribution in [2.24, 2.45) is 0 Å². The van der Waals surface area contributed by atoms with Crippen molar-refractivity contribution in [1.29, 1.82) is 0 Å². The van der Waals surface area contributed by atoms with Crippen molar-refractivity contribution in [3.63, 3.8) is 0 Å². The van der Waals surface area contributed by atoms with E-state index in [1.54, 1.807) is 10.9 Å². The molecule has 0 unspecified atom stereocenters. The largest absolute Gasteiger partial charge is 0.502 e. The number of hydrogen-bond acceptors (Lipinski definition) is 6. The molecule has 0 atom stereocenters. The number of aromatic hydroxyl groups is 1. The SMILES string of the molecule is CC(C)NCc1cn(Cc2cc(=O)c(O)co2)nn1. The highest BCUT2D eigenvalue weighted by molar-refractivity contribution is 5.15. The Balaban J connectivity index is 2.03. The molecule has 2 N–H and O–H groups in total. The number of rotatable bonds is 5. The molecule has 2 rings (SSSR count). The minimum atomic E-state index is -0.469. The first-order valence-corrected chi connectivity index (χ1v) is 5.97. The van der Waals surface area contributed by atoms with Gasteiger partial charge in [-0.15, -0.1) is 5.10 Å². The standard InChI is InChI=1S/C12H16N4O3/c1-8(2)13-4-9-5-16(15-14-9)6-10-3-11(17)12(18)7-19-10/h3,5,7-8,13,18H,4,6H2,1-2H3. The summed E-state index contributed by atoms with van der Waals surface area (Å²) in [5.41, 5.74) is 0.345. The number of nitrogens with one attached hydrogen (secondary N) is 1. The van der Waals surface area contributed by atoms with Crippen molar-refractivity contribution in [2.75, 3.05) is 0 Å². The summed E-state index contributed by atoms with van der Waals surface area (Å²) in [5, 5.41) is 20.3. The Kier molecular flexibility index (Phi) is 3.96. The summed E-state index contributed by atoms with van der Waals surface area (Å²) in [6, 6.07) is 1.61. The molecule has 0 bridgehead atoms. The van der Waals surface area contributed by atoms with Crippen molar-refractivity contribution in [2.45, 2.75) is 33.0 Å². The lowest BCUT2D eigenvalue weighted by atomic mass is 10.3. The third-order valence-corrected chi connectivity index (χ3v) is 2.46. The quantitative estimate of drug-likeness (QED) is 0.816. The number of hydrogen-bond donors (Lipinski definition) is 2. The van der Waals surface area contributed by atoms with Gasteiger partial charge in [-0.25, -0.2) is 4.68 Å². The molecular weight excluding hydrogens is 248 g/mol. The molecule has 7 nitrogen and oxygen atoms in total. The maximum atomic E-state index is 11.2. The smallest absolute Gasteiger partial charge is 0.226 e. The minimum absolute atomic E-state index is 0.296. The Hall–Kier alpha value is -2.15. The van der Waals surface area contributed by atoms with Gasteiger partial charge in [0, 0.05) is 18.7 Å². The summed E-state index contributed by atoms with van der Waals surface area (Å²) in [6.07, 6.45) is 2.80. The molecular formula is C12H16N4O3. The van der Waals surface area contributed by atoms with Crippen molar-refractivity contribution in [3.05, 3.63) is 40.2 Å². The van der Waals surface area contributed by atoms with E-state index in [9.17, 15) is 4.79 Å². The second-order valence-electron chi connectivity index (χ2n) is 4.54. The molecule has 19 heavy (non-hydrogen) atoms. The van der Waals surface area contributed by atoms with E-state index in [1.165, 1.54) is 6.07 Å². The van der Waals surface area contributed by atoms with Gasteiger partial charge in [0.05, 0.1) is 11.9 Å². The lowest BCUT2D eigenvalue weighted by molar-refractivity contribution is 0.403. The highest BCUT2D eigenvalue weighted by atomic mass is 16.4. The predicted molar refractivity (Wildman–Crippen MR) is 67.7 cm³/mol. The summed E-state index contributed by atoms with van der Waals surface area (Å²) in [5.74, 6) is 0.0141. The Morgan fingerprint density at radius 3 is 3.00 bits per heavy atom. The van der Waals surface area contributed by atoms with Crippen LogP contribution < -0.4 is 10.7 Å². The van der Waals surface area contributed by atoms with Crippen LogP contribution in [0.4, 0.5) is 0 Å². The third-order valence-electron chi connectivity index (χ3n) is 2.46. The lowest BCUT2D eigenvalue weighted by Crippen LogP contribution is -2.21. The Bertz CT molecular complexity index is 603. The highest BCUT2D eigenvalue weighted by Crippen LogP contribution is 2.05. The summed E-state index contributed by atoms with van der Waals surface area (Å²) in [7, 11) is 0. The zero-order chi connectivity index (χ0) is 13.8. The van der Waals surface area contributed by atoms with Crippen LogP contribution in [0.15, 0.2) is 27.7 Å². The summed E-state index contributed by atoms with van der Waals surface area (Å²) >= 11 is 0. The van der Waals surface area contributed by atoms with E-state index in [0.717, 1.165) is 12.0 Å². The first-order valence-electron chi connectivity index (χ1n) is 5.97. The summed E-state index contributed by atoms with van der Waals surface area (Å²) < 4.78 is 6.67. The van der Waals surface area contributed by atoms with Gasteiger partial charge in [-0.1, -0.05) is 19.1 Å². The normalized spacial score (nSPS) is 11.1. The molecule has 0 fully saturated rings. The predicted octanol–water partition coefficient (Wildman–Crippen LogP) is 0.483. The fourth-order valence-electron chi connectivity index (χ4n) is 1.49. The second kappa shape index (κ2) is 5.66. The van der Waals surface area contributed by atoms with Crippen molar-refractivity contribution < 1.29 is 9.52 Å². The zero-order valence-corrected chi connectivity index (χ0v) is 10.8. The molecule has 0 aliphatic carbocycles. The molecule has 2 heterocycles. The Morgan fingerprint density at radius 1 is 1.53 bits per heavy atom. The van der Waals surface area contributed by atoms with Gasteiger partial charge in [0.1, 0.15) is 18.6 Å². The van der Waals surface area contributed by atoms with Gasteiger partial charge in [-0.3, -0.25) is 4.79 Å². The number of nitrogens with zero attached hydrogens (tertiary/aromatic N) is 3. The van der Waals surface area contributed by atoms with Gasteiger partial charge in [-0.2, -0.15) is 0 Å². The Morgan fingerprint density at radius 2 is 2.32 bits per heavy atom. The van der Waals surface area contributed by atoms with Crippen LogP contribution >= 0.6 is 0 Å². The van der Waals surface area contributed by atoms with Crippen LogP contribution in [0.5, 0.6) is 5.75 Å². The lowest BCUT2D eigenvalue weighted by Gasteiger charge is -2.04. The molecule has 2 aromatic rings. The van der Waals surface area contributed by atoms with Gasteiger partial charge < -0.3 is 14.8 Å². The first-order chi connectivity index (χ1) is 9.04. The molecule has 2 aromatic heterocycles. The zero-order valence-electron chi connectivity index (χ0n) is 10.8. The van der Waals surface area contributed by atoms with Gasteiger partial charge in [0.2, 0.25) is 5.43 Å². The van der Waals surface area contributed by atoms with Crippen molar-refractivity contribution in [1.82, 2.24) is 20.3 Å². The van der Waals surface area contributed by atoms with Gasteiger partial charge in [0.15, 0.2) is 5.75 Å². The van der Waals surface area contributed by atoms with E-state index >= 15 is 0 Å². The van der Waals surface area contributed by atoms with Gasteiger partial charge >= 0.3 is 0 Å². The summed E-state index contributed by atoms with van der Waals surface area (Å²) in [6.45, 7) is 5.03. The van der Waals surface area contributed by atoms with Crippen molar-refractivity contribution in [3.8, 4) is 5.75 Å². The van der Waals surface area contributed by atoms with Crippen LogP contribution in [-0.2, 0) is 13.1 Å². The second-order valence-corrected chi connectivity index (χ2v) is 4.54. The molecule has 0 aromatic carbocycles. The maximum Gasteiger partial charge on any atom is 0.226 e. The molecule has 0 aliphatic heterocycles. The van der Waals surface area contributed by atoms with Crippen LogP contribution in [0, 0.1) is 0 Å². The van der Waals surface area contributed by atoms with E-state index in [-0.39, 0.29) is 0 Å². The monoisotopic (exact) mass is 264 g/mol. The van der Waals surface area contributed by atoms with E-state index < -0.39 is 11.2 Å². The van der Waals surface area contributed by atoms with E-state index in [2.05, 4.69) is 29.5 Å². The fraction of sp³-hybridized carbons (Fsp3) is 0.417. The molecule has 0 amide bonds. The molecule has 0 spiro atoms. The molecule has 102 valence electrons. The Labute approximate surface area is 109 Å². The van der Waals surface area contributed by atoms with Crippen LogP contribution in [0.1, 0.15) is 25.3 Å². The highest BCUT2D eigenvalue weighted by Gasteiger charge is 2.05. The first kappa shape index (κ1) is 13.3. The van der Waals surface area contributed by atoms with Crippen LogP contribution in [0.25, 0.3) is 0 Å². The average molecular weight is 264 g/mol. The van der Waals surface area contributed by atoms with E-state index in [4.69, 9.17) is 9.52 Å². The van der Waals surface area contributed by atoms with Crippen LogP contribution in [0.2, 0.25) is 0 Å². The van der Waals surface area contributed by atoms with E-state index in [1.807, 2.05) is 0 Å².